The zero-order chi connectivity index (χ0) is 37.9. The van der Waals surface area contributed by atoms with Crippen molar-refractivity contribution < 1.29 is 28.7 Å². The highest BCUT2D eigenvalue weighted by molar-refractivity contribution is 8.00. The summed E-state index contributed by atoms with van der Waals surface area (Å²) in [7, 11) is 0. The highest BCUT2D eigenvalue weighted by Gasteiger charge is 2.54. The summed E-state index contributed by atoms with van der Waals surface area (Å²) in [5, 5.41) is 21.6. The number of anilines is 1. The van der Waals surface area contributed by atoms with Crippen LogP contribution in [0.5, 0.6) is 0 Å². The van der Waals surface area contributed by atoms with Crippen molar-refractivity contribution in [3.05, 3.63) is 154 Å². The molecule has 0 spiro atoms. The SMILES string of the molecule is O=C(O)C1=C(C=Cc2csc3cncn23)CS[C@@H]2[C@H](NC(=O)/C(=N\OCF)c3nsc(NC(c4ccccc4)(c4ccccc4)c4ccccc4)n3)C(=O)N12. The standard InChI is InChI=1S/C38H29FN8O5S3/c39-21-52-44-29(32-42-37(55-45-32)43-38(24-10-4-1-5-11-24,25-12-6-2-7-13-25)26-14-8-3-9-15-26)33(48)41-30-34(49)47-31(36(50)51)23(19-54-35(30)47)16-17-27-20-53-28-18-40-22-46(27)28/h1-18,20,22,30,35H,19,21H2,(H,41,48)(H,50,51)(H,42,43,45)/b17-16?,44-29-/t30-,35-/m1/s1. The number of β-lactam (4-membered cyclic amide) rings is 1. The van der Waals surface area contributed by atoms with Gasteiger partial charge < -0.3 is 20.6 Å². The summed E-state index contributed by atoms with van der Waals surface area (Å²) in [6.07, 6.45) is 6.84. The number of hydrogen-bond acceptors (Lipinski definition) is 12. The number of thiazole rings is 1. The Morgan fingerprint density at radius 3 is 2.27 bits per heavy atom. The van der Waals surface area contributed by atoms with Crippen LogP contribution in [-0.4, -0.2) is 76.3 Å². The van der Waals surface area contributed by atoms with Gasteiger partial charge in [0, 0.05) is 22.7 Å². The molecule has 1 fully saturated rings. The smallest absolute Gasteiger partial charge is 0.352 e. The molecule has 13 nitrogen and oxygen atoms in total. The third kappa shape index (κ3) is 6.66. The van der Waals surface area contributed by atoms with Crippen LogP contribution in [0.3, 0.4) is 0 Å². The molecule has 17 heteroatoms. The van der Waals surface area contributed by atoms with E-state index >= 15 is 0 Å². The fourth-order valence-electron chi connectivity index (χ4n) is 6.61. The fraction of sp³-hybridized carbons (Fsp3) is 0.132. The average Bonchev–Trinajstić information content (AvgIpc) is 3.98. The van der Waals surface area contributed by atoms with Gasteiger partial charge in [-0.25, -0.2) is 14.2 Å². The molecule has 0 aliphatic carbocycles. The second kappa shape index (κ2) is 15.3. The number of carboxylic acids is 1. The Kier molecular flexibility index (Phi) is 9.96. The number of allylic oxidation sites excluding steroid dienone is 1. The van der Waals surface area contributed by atoms with E-state index in [0.29, 0.717) is 10.7 Å². The van der Waals surface area contributed by atoms with E-state index in [1.165, 1.54) is 23.1 Å². The number of hydrogen-bond donors (Lipinski definition) is 3. The second-order valence-electron chi connectivity index (χ2n) is 12.2. The molecule has 3 N–H and O–H groups in total. The first-order valence-electron chi connectivity index (χ1n) is 16.7. The van der Waals surface area contributed by atoms with Gasteiger partial charge in [-0.15, -0.1) is 23.1 Å². The molecule has 5 heterocycles. The summed E-state index contributed by atoms with van der Waals surface area (Å²) in [6, 6.07) is 28.3. The molecule has 55 heavy (non-hydrogen) atoms. The van der Waals surface area contributed by atoms with Crippen molar-refractivity contribution in [2.75, 3.05) is 17.9 Å². The Balaban J connectivity index is 1.05. The molecule has 3 aromatic carbocycles. The lowest BCUT2D eigenvalue weighted by molar-refractivity contribution is -0.150. The number of halogens is 1. The molecule has 0 bridgehead atoms. The number of aliphatic carboxylic acids is 1. The molecule has 0 saturated carbocycles. The van der Waals surface area contributed by atoms with Crippen LogP contribution < -0.4 is 10.6 Å². The van der Waals surface area contributed by atoms with Gasteiger partial charge in [-0.2, -0.15) is 9.36 Å². The van der Waals surface area contributed by atoms with Crippen molar-refractivity contribution in [1.82, 2.24) is 29.0 Å². The van der Waals surface area contributed by atoms with Gasteiger partial charge in [0.05, 0.1) is 11.9 Å². The van der Waals surface area contributed by atoms with E-state index in [2.05, 4.69) is 35.0 Å². The third-order valence-electron chi connectivity index (χ3n) is 9.10. The van der Waals surface area contributed by atoms with Gasteiger partial charge in [-0.05, 0) is 28.3 Å². The number of aromatic nitrogens is 4. The zero-order valence-electron chi connectivity index (χ0n) is 28.5. The molecule has 2 aliphatic rings. The van der Waals surface area contributed by atoms with Gasteiger partial charge in [-0.1, -0.05) is 102 Å². The Morgan fingerprint density at radius 2 is 1.65 bits per heavy atom. The normalized spacial score (nSPS) is 17.3. The number of nitrogens with zero attached hydrogens (tertiary/aromatic N) is 6. The summed E-state index contributed by atoms with van der Waals surface area (Å²) in [5.41, 5.74) is 2.39. The van der Waals surface area contributed by atoms with Gasteiger partial charge >= 0.3 is 5.97 Å². The highest BCUT2D eigenvalue weighted by Crippen LogP contribution is 2.42. The average molecular weight is 793 g/mol. The summed E-state index contributed by atoms with van der Waals surface area (Å²) in [4.78, 5) is 55.2. The number of imidazole rings is 1. The first kappa shape index (κ1) is 35.8. The number of amides is 2. The fourth-order valence-corrected chi connectivity index (χ4v) is 9.38. The monoisotopic (exact) mass is 792 g/mol. The van der Waals surface area contributed by atoms with E-state index in [4.69, 9.17) is 0 Å². The van der Waals surface area contributed by atoms with E-state index in [0.717, 1.165) is 43.6 Å². The number of fused-ring (bicyclic) bond motifs is 2. The maximum absolute atomic E-state index is 13.8. The molecule has 6 aromatic rings. The van der Waals surface area contributed by atoms with Crippen LogP contribution in [0.25, 0.3) is 10.9 Å². The Bertz CT molecular complexity index is 2370. The van der Waals surface area contributed by atoms with Gasteiger partial charge in [0.1, 0.15) is 33.8 Å². The van der Waals surface area contributed by atoms with Crippen molar-refractivity contribution in [3.8, 4) is 0 Å². The molecule has 0 unspecified atom stereocenters. The molecule has 8 rings (SSSR count). The lowest BCUT2D eigenvalue weighted by atomic mass is 9.77. The van der Waals surface area contributed by atoms with Gasteiger partial charge in [0.2, 0.25) is 16.7 Å². The van der Waals surface area contributed by atoms with Crippen LogP contribution in [-0.2, 0) is 24.8 Å². The Morgan fingerprint density at radius 1 is 1.00 bits per heavy atom. The lowest BCUT2D eigenvalue weighted by Gasteiger charge is -2.49. The number of carbonyl (C=O) groups excluding carboxylic acids is 2. The molecule has 2 atom stereocenters. The van der Waals surface area contributed by atoms with Gasteiger partial charge in [-0.3, -0.25) is 18.9 Å². The van der Waals surface area contributed by atoms with Crippen molar-refractivity contribution in [2.24, 2.45) is 5.16 Å². The first-order valence-corrected chi connectivity index (χ1v) is 19.4. The molecule has 0 radical (unpaired) electrons. The quantitative estimate of drug-likeness (QED) is 0.0568. The van der Waals surface area contributed by atoms with Crippen molar-refractivity contribution in [3.63, 3.8) is 0 Å². The predicted octanol–water partition coefficient (Wildman–Crippen LogP) is 5.75. The minimum Gasteiger partial charge on any atom is -0.477 e. The summed E-state index contributed by atoms with van der Waals surface area (Å²) in [6.45, 7) is -1.33. The van der Waals surface area contributed by atoms with Crippen molar-refractivity contribution in [1.29, 1.82) is 0 Å². The largest absolute Gasteiger partial charge is 0.477 e. The lowest BCUT2D eigenvalue weighted by Crippen LogP contribution is -2.71. The van der Waals surface area contributed by atoms with Crippen LogP contribution >= 0.6 is 34.6 Å². The van der Waals surface area contributed by atoms with Crippen LogP contribution in [0.15, 0.2) is 131 Å². The first-order chi connectivity index (χ1) is 26.9. The van der Waals surface area contributed by atoms with Gasteiger partial charge in [0.25, 0.3) is 18.7 Å². The number of carboxylic acid groups (broad SMARTS) is 1. The van der Waals surface area contributed by atoms with Gasteiger partial charge in [0.15, 0.2) is 0 Å². The van der Waals surface area contributed by atoms with E-state index in [9.17, 15) is 23.9 Å². The Labute approximate surface area is 325 Å². The van der Waals surface area contributed by atoms with E-state index in [1.807, 2.05) is 101 Å². The van der Waals surface area contributed by atoms with Crippen molar-refractivity contribution >= 4 is 74.2 Å². The summed E-state index contributed by atoms with van der Waals surface area (Å²) in [5.74, 6) is -2.70. The number of thioether (sulfide) groups is 1. The van der Waals surface area contributed by atoms with E-state index in [-0.39, 0.29) is 17.3 Å². The zero-order valence-corrected chi connectivity index (χ0v) is 30.9. The van der Waals surface area contributed by atoms with Crippen LogP contribution in [0.1, 0.15) is 28.2 Å². The molecule has 3 aromatic heterocycles. The summed E-state index contributed by atoms with van der Waals surface area (Å²) < 4.78 is 19.5. The third-order valence-corrected chi connectivity index (χ3v) is 11.9. The minimum absolute atomic E-state index is 0.166. The Hall–Kier alpha value is -6.17. The second-order valence-corrected chi connectivity index (χ2v) is 15.0. The highest BCUT2D eigenvalue weighted by atomic mass is 32.2. The molecule has 276 valence electrons. The molecule has 1 saturated heterocycles. The number of benzene rings is 3. The summed E-state index contributed by atoms with van der Waals surface area (Å²) >= 11 is 3.76. The van der Waals surface area contributed by atoms with Crippen LogP contribution in [0.2, 0.25) is 0 Å². The van der Waals surface area contributed by atoms with E-state index < -0.39 is 47.3 Å². The predicted molar refractivity (Wildman–Crippen MR) is 208 cm³/mol. The molecular weight excluding hydrogens is 764 g/mol. The molecule has 2 amide bonds. The number of nitrogens with one attached hydrogen (secondary N) is 2. The molecule has 2 aliphatic heterocycles. The van der Waals surface area contributed by atoms with Crippen LogP contribution in [0, 0.1) is 0 Å². The van der Waals surface area contributed by atoms with Crippen LogP contribution in [0.4, 0.5) is 9.52 Å². The maximum atomic E-state index is 13.8. The minimum atomic E-state index is -1.33. The number of carbonyl (C=O) groups is 3. The number of oxime groups is 1. The van der Waals surface area contributed by atoms with E-state index in [1.54, 1.807) is 24.7 Å². The maximum Gasteiger partial charge on any atom is 0.352 e. The van der Waals surface area contributed by atoms with Crippen molar-refractivity contribution in [2.45, 2.75) is 17.0 Å². The molecular formula is C38H29FN8O5S3. The topological polar surface area (TPSA) is 163 Å². The number of alkyl halides is 1. The number of rotatable bonds is 13.